The second kappa shape index (κ2) is 12.7. The quantitative estimate of drug-likeness (QED) is 0.306. The average Bonchev–Trinajstić information content (AvgIpc) is 3.17. The van der Waals surface area contributed by atoms with Crippen molar-refractivity contribution in [2.45, 2.75) is 90.7 Å². The van der Waals surface area contributed by atoms with Gasteiger partial charge in [0.05, 0.1) is 11.8 Å². The van der Waals surface area contributed by atoms with Crippen LogP contribution in [0.2, 0.25) is 0 Å². The third-order valence-electron chi connectivity index (χ3n) is 6.58. The van der Waals surface area contributed by atoms with Crippen LogP contribution in [0.5, 0.6) is 5.75 Å². The van der Waals surface area contributed by atoms with Crippen LogP contribution in [0.15, 0.2) is 30.4 Å². The summed E-state index contributed by atoms with van der Waals surface area (Å²) in [5, 5.41) is 10.9. The Morgan fingerprint density at radius 2 is 1.88 bits per heavy atom. The Bertz CT molecular complexity index is 1120. The highest BCUT2D eigenvalue weighted by molar-refractivity contribution is 5.99. The number of hydrogen-bond acceptors (Lipinski definition) is 9. The molecule has 5 atom stereocenters. The molecule has 1 aromatic carbocycles. The van der Waals surface area contributed by atoms with Crippen molar-refractivity contribution in [3.8, 4) is 5.75 Å². The number of esters is 1. The van der Waals surface area contributed by atoms with Gasteiger partial charge >= 0.3 is 12.1 Å². The Labute approximate surface area is 236 Å². The highest BCUT2D eigenvalue weighted by Crippen LogP contribution is 2.35. The lowest BCUT2D eigenvalue weighted by Crippen LogP contribution is -2.34. The number of benzene rings is 1. The number of aliphatic hydroxyl groups excluding tert-OH is 1. The Balaban J connectivity index is 2.12. The molecule has 2 aliphatic heterocycles. The van der Waals surface area contributed by atoms with Gasteiger partial charge in [-0.3, -0.25) is 4.90 Å². The molecule has 1 amide bonds. The molecule has 40 heavy (non-hydrogen) atoms. The first-order chi connectivity index (χ1) is 18.6. The number of anilines is 1. The molecule has 0 aliphatic carbocycles. The fraction of sp³-hybridized carbons (Fsp3) is 0.600. The normalized spacial score (nSPS) is 27.6. The minimum Gasteiger partial charge on any atom is -0.467 e. The van der Waals surface area contributed by atoms with Crippen LogP contribution in [0, 0.1) is 5.92 Å². The molecule has 2 aliphatic rings. The van der Waals surface area contributed by atoms with Gasteiger partial charge < -0.3 is 33.5 Å². The van der Waals surface area contributed by atoms with Crippen molar-refractivity contribution in [1.82, 2.24) is 0 Å². The summed E-state index contributed by atoms with van der Waals surface area (Å²) in [4.78, 5) is 27.7. The minimum atomic E-state index is -0.913. The predicted octanol–water partition coefficient (Wildman–Crippen LogP) is 5.08. The van der Waals surface area contributed by atoms with Crippen molar-refractivity contribution < 1.29 is 43.1 Å². The summed E-state index contributed by atoms with van der Waals surface area (Å²) in [5.41, 5.74) is 0.399. The van der Waals surface area contributed by atoms with Gasteiger partial charge in [-0.15, -0.1) is 0 Å². The lowest BCUT2D eigenvalue weighted by molar-refractivity contribution is -0.152. The zero-order valence-corrected chi connectivity index (χ0v) is 24.9. The third-order valence-corrected chi connectivity index (χ3v) is 6.58. The van der Waals surface area contributed by atoms with E-state index >= 15 is 0 Å². The highest BCUT2D eigenvalue weighted by Gasteiger charge is 2.43. The summed E-state index contributed by atoms with van der Waals surface area (Å²) in [7, 11) is 3.05. The number of methoxy groups -OCH3 is 1. The molecule has 0 bridgehead atoms. The van der Waals surface area contributed by atoms with Crippen LogP contribution < -0.4 is 9.64 Å². The SMILES string of the molecule is COCOc1cc(N(C)C(=O)OC(C)(C)C)cc2c1C(=O)O[C@@H](C)[C@H](C)/C=C\C(O)[C@H]1OC(C)(C)O[C@H]1CC=C2. The van der Waals surface area contributed by atoms with Crippen LogP contribution in [0.4, 0.5) is 10.5 Å². The van der Waals surface area contributed by atoms with Crippen molar-refractivity contribution in [3.63, 3.8) is 0 Å². The molecule has 1 saturated heterocycles. The van der Waals surface area contributed by atoms with Gasteiger partial charge in [-0.05, 0) is 59.6 Å². The van der Waals surface area contributed by atoms with E-state index in [0.29, 0.717) is 17.7 Å². The van der Waals surface area contributed by atoms with E-state index in [4.69, 9.17) is 28.4 Å². The van der Waals surface area contributed by atoms with Crippen LogP contribution in [-0.4, -0.2) is 73.9 Å². The second-order valence-corrected chi connectivity index (χ2v) is 11.6. The molecule has 2 heterocycles. The van der Waals surface area contributed by atoms with Crippen LogP contribution in [0.1, 0.15) is 70.8 Å². The maximum atomic E-state index is 13.5. The summed E-state index contributed by atoms with van der Waals surface area (Å²) in [6.45, 7) is 12.5. The maximum Gasteiger partial charge on any atom is 0.414 e. The second-order valence-electron chi connectivity index (χ2n) is 11.6. The first kappa shape index (κ1) is 31.6. The van der Waals surface area contributed by atoms with E-state index in [1.165, 1.54) is 12.0 Å². The van der Waals surface area contributed by atoms with Crippen molar-refractivity contribution >= 4 is 23.8 Å². The van der Waals surface area contributed by atoms with Crippen LogP contribution in [-0.2, 0) is 23.7 Å². The molecule has 0 aromatic heterocycles. The van der Waals surface area contributed by atoms with Gasteiger partial charge in [-0.2, -0.15) is 0 Å². The Hall–Kier alpha value is -2.92. The molecule has 0 saturated carbocycles. The molecule has 1 fully saturated rings. The van der Waals surface area contributed by atoms with Crippen molar-refractivity contribution in [2.75, 3.05) is 25.9 Å². The summed E-state index contributed by atoms with van der Waals surface area (Å²) < 4.78 is 34.4. The topological polar surface area (TPSA) is 113 Å². The molecule has 3 rings (SSSR count). The number of amides is 1. The number of rotatable bonds is 4. The summed E-state index contributed by atoms with van der Waals surface area (Å²) in [6.07, 6.45) is 4.40. The lowest BCUT2D eigenvalue weighted by Gasteiger charge is -2.26. The molecule has 0 spiro atoms. The van der Waals surface area contributed by atoms with E-state index in [0.717, 1.165) is 0 Å². The standard InChI is InChI=1S/C30H43NO9/c1-18-13-14-22(32)26-23(38-30(6,7)39-26)12-10-11-20-15-21(31(8)28(34)40-29(3,4)5)16-24(36-17-35-9)25(20)27(33)37-19(18)2/h10-11,13-16,18-19,22-23,26,32H,12,17H2,1-9H3/b11-10?,14-13-/t18-,19+,22?,23+,26-/m1/s1. The van der Waals surface area contributed by atoms with Crippen LogP contribution in [0.3, 0.4) is 0 Å². The molecule has 1 unspecified atom stereocenters. The monoisotopic (exact) mass is 561 g/mol. The summed E-state index contributed by atoms with van der Waals surface area (Å²) in [6, 6.07) is 3.27. The first-order valence-corrected chi connectivity index (χ1v) is 13.5. The van der Waals surface area contributed by atoms with E-state index in [1.807, 2.05) is 13.0 Å². The van der Waals surface area contributed by atoms with E-state index in [2.05, 4.69) is 0 Å². The third kappa shape index (κ3) is 8.06. The molecular weight excluding hydrogens is 518 g/mol. The molecular formula is C30H43NO9. The van der Waals surface area contributed by atoms with Gasteiger partial charge in [0, 0.05) is 26.1 Å². The number of carbonyl (C=O) groups excluding carboxylic acids is 2. The number of nitrogens with zero attached hydrogens (tertiary/aromatic N) is 1. The van der Waals surface area contributed by atoms with E-state index in [-0.39, 0.29) is 24.0 Å². The van der Waals surface area contributed by atoms with E-state index < -0.39 is 47.9 Å². The van der Waals surface area contributed by atoms with Crippen LogP contribution in [0.25, 0.3) is 6.08 Å². The van der Waals surface area contributed by atoms with Gasteiger partial charge in [0.2, 0.25) is 0 Å². The number of hydrogen-bond donors (Lipinski definition) is 1. The lowest BCUT2D eigenvalue weighted by atomic mass is 9.98. The number of cyclic esters (lactones) is 1. The van der Waals surface area contributed by atoms with Crippen LogP contribution >= 0.6 is 0 Å². The zero-order valence-electron chi connectivity index (χ0n) is 24.9. The van der Waals surface area contributed by atoms with Crippen molar-refractivity contribution in [3.05, 3.63) is 41.5 Å². The van der Waals surface area contributed by atoms with Gasteiger partial charge in [-0.25, -0.2) is 9.59 Å². The van der Waals surface area contributed by atoms with Gasteiger partial charge in [0.1, 0.15) is 35.2 Å². The van der Waals surface area contributed by atoms with Crippen molar-refractivity contribution in [2.24, 2.45) is 5.92 Å². The number of aliphatic hydroxyl groups is 1. The Kier molecular flexibility index (Phi) is 10.1. The number of carbonyl (C=O) groups is 2. The molecule has 10 nitrogen and oxygen atoms in total. The average molecular weight is 562 g/mol. The maximum absolute atomic E-state index is 13.5. The van der Waals surface area contributed by atoms with E-state index in [9.17, 15) is 14.7 Å². The Morgan fingerprint density at radius 1 is 1.18 bits per heavy atom. The zero-order chi connectivity index (χ0) is 29.8. The van der Waals surface area contributed by atoms with Gasteiger partial charge in [0.25, 0.3) is 0 Å². The molecule has 10 heteroatoms. The fourth-order valence-corrected chi connectivity index (χ4v) is 4.39. The molecule has 1 aromatic rings. The van der Waals surface area contributed by atoms with Crippen molar-refractivity contribution in [1.29, 1.82) is 0 Å². The molecule has 1 N–H and O–H groups in total. The summed E-state index contributed by atoms with van der Waals surface area (Å²) >= 11 is 0. The fourth-order valence-electron chi connectivity index (χ4n) is 4.39. The number of ether oxygens (including phenoxy) is 6. The number of fused-ring (bicyclic) bond motifs is 2. The predicted molar refractivity (Wildman–Crippen MR) is 150 cm³/mol. The highest BCUT2D eigenvalue weighted by atomic mass is 16.8. The Morgan fingerprint density at radius 3 is 2.52 bits per heavy atom. The first-order valence-electron chi connectivity index (χ1n) is 13.5. The smallest absolute Gasteiger partial charge is 0.414 e. The molecule has 222 valence electrons. The minimum absolute atomic E-state index is 0.125. The largest absolute Gasteiger partial charge is 0.467 e. The molecule has 0 radical (unpaired) electrons. The van der Waals surface area contributed by atoms with Gasteiger partial charge in [0.15, 0.2) is 12.6 Å². The van der Waals surface area contributed by atoms with Gasteiger partial charge in [-0.1, -0.05) is 31.2 Å². The van der Waals surface area contributed by atoms with E-state index in [1.54, 1.807) is 79.0 Å². The summed E-state index contributed by atoms with van der Waals surface area (Å²) in [5.74, 6) is -1.49.